The second kappa shape index (κ2) is 4.27. The van der Waals surface area contributed by atoms with Crippen LogP contribution in [0.15, 0.2) is 0 Å². The van der Waals surface area contributed by atoms with Gasteiger partial charge in [-0.3, -0.25) is 9.59 Å². The van der Waals surface area contributed by atoms with Gasteiger partial charge in [-0.05, 0) is 0 Å². The molecule has 0 heterocycles. The highest BCUT2D eigenvalue weighted by atomic mass is 16.2. The van der Waals surface area contributed by atoms with E-state index in [1.165, 1.54) is 0 Å². The predicted octanol–water partition coefficient (Wildman–Crippen LogP) is 2.07. The number of hydrogen-bond donors (Lipinski definition) is 0. The SMILES string of the molecule is C.C.CC1C(=O)CC(=O)C1C. The Kier molecular flexibility index (Phi) is 5.03. The van der Waals surface area contributed by atoms with Crippen molar-refractivity contribution in [3.63, 3.8) is 0 Å². The molecule has 11 heavy (non-hydrogen) atoms. The number of rotatable bonds is 0. The molecule has 0 amide bonds. The molecule has 1 aliphatic carbocycles. The van der Waals surface area contributed by atoms with Crippen LogP contribution in [0.3, 0.4) is 0 Å². The Morgan fingerprint density at radius 2 is 1.27 bits per heavy atom. The first-order chi connectivity index (χ1) is 4.13. The summed E-state index contributed by atoms with van der Waals surface area (Å²) < 4.78 is 0. The first-order valence-electron chi connectivity index (χ1n) is 3.18. The van der Waals surface area contributed by atoms with Gasteiger partial charge in [0.05, 0.1) is 6.42 Å². The van der Waals surface area contributed by atoms with Gasteiger partial charge in [0.15, 0.2) is 0 Å². The van der Waals surface area contributed by atoms with E-state index in [1.54, 1.807) is 0 Å². The van der Waals surface area contributed by atoms with Crippen molar-refractivity contribution in [1.82, 2.24) is 0 Å². The topological polar surface area (TPSA) is 34.1 Å². The Hall–Kier alpha value is -0.660. The Labute approximate surface area is 69.0 Å². The van der Waals surface area contributed by atoms with Crippen LogP contribution in [-0.4, -0.2) is 11.6 Å². The number of Topliss-reactive ketones (excluding diaryl/α,β-unsaturated/α-hetero) is 2. The average molecular weight is 158 g/mol. The minimum atomic E-state index is -0.0301. The summed E-state index contributed by atoms with van der Waals surface area (Å²) in [6.45, 7) is 3.63. The molecule has 2 atom stereocenters. The van der Waals surface area contributed by atoms with Gasteiger partial charge in [-0.2, -0.15) is 0 Å². The zero-order valence-electron chi connectivity index (χ0n) is 5.68. The molecular formula is C9H18O2. The van der Waals surface area contributed by atoms with Crippen molar-refractivity contribution in [1.29, 1.82) is 0 Å². The molecule has 0 spiro atoms. The molecule has 0 N–H and O–H groups in total. The molecule has 2 nitrogen and oxygen atoms in total. The molecule has 1 rings (SSSR count). The van der Waals surface area contributed by atoms with Gasteiger partial charge in [0.2, 0.25) is 0 Å². The van der Waals surface area contributed by atoms with Gasteiger partial charge in [0, 0.05) is 11.8 Å². The summed E-state index contributed by atoms with van der Waals surface area (Å²) in [6, 6.07) is 0. The number of ketones is 2. The van der Waals surface area contributed by atoms with E-state index < -0.39 is 0 Å². The highest BCUT2D eigenvalue weighted by Crippen LogP contribution is 2.23. The monoisotopic (exact) mass is 158 g/mol. The molecule has 2 heteroatoms. The van der Waals surface area contributed by atoms with E-state index in [2.05, 4.69) is 0 Å². The molecule has 2 unspecified atom stereocenters. The second-order valence-corrected chi connectivity index (χ2v) is 2.69. The zero-order chi connectivity index (χ0) is 7.02. The molecule has 66 valence electrons. The molecule has 0 aliphatic heterocycles. The summed E-state index contributed by atoms with van der Waals surface area (Å²) in [5.74, 6) is 0.148. The third-order valence-corrected chi connectivity index (χ3v) is 2.11. The molecule has 0 bridgehead atoms. The molecule has 0 aromatic rings. The summed E-state index contributed by atoms with van der Waals surface area (Å²) >= 11 is 0. The Bertz CT molecular complexity index is 143. The molecule has 0 aromatic carbocycles. The Balaban J connectivity index is 0. The normalized spacial score (nSPS) is 29.3. The van der Waals surface area contributed by atoms with Crippen molar-refractivity contribution in [2.45, 2.75) is 35.1 Å². The number of carbonyl (C=O) groups is 2. The smallest absolute Gasteiger partial charge is 0.143 e. The Morgan fingerprint density at radius 3 is 1.36 bits per heavy atom. The minimum absolute atomic E-state index is 0. The van der Waals surface area contributed by atoms with Crippen LogP contribution in [-0.2, 0) is 9.59 Å². The van der Waals surface area contributed by atoms with Crippen molar-refractivity contribution < 1.29 is 9.59 Å². The first kappa shape index (κ1) is 13.0. The summed E-state index contributed by atoms with van der Waals surface area (Å²) in [6.07, 6.45) is 0.169. The van der Waals surface area contributed by atoms with Crippen LogP contribution in [0.5, 0.6) is 0 Å². The minimum Gasteiger partial charge on any atom is -0.299 e. The van der Waals surface area contributed by atoms with Crippen LogP contribution in [0.2, 0.25) is 0 Å². The lowest BCUT2D eigenvalue weighted by molar-refractivity contribution is -0.122. The summed E-state index contributed by atoms with van der Waals surface area (Å²) in [5.41, 5.74) is 0. The van der Waals surface area contributed by atoms with E-state index in [0.717, 1.165) is 0 Å². The standard InChI is InChI=1S/C7H10O2.2CH4/c1-4-5(2)7(9)3-6(4)8;;/h4-5H,3H2,1-2H3;2*1H4. The summed E-state index contributed by atoms with van der Waals surface area (Å²) in [5, 5.41) is 0. The van der Waals surface area contributed by atoms with Gasteiger partial charge in [0.1, 0.15) is 11.6 Å². The molecule has 0 saturated heterocycles. The van der Waals surface area contributed by atoms with E-state index in [9.17, 15) is 9.59 Å². The zero-order valence-corrected chi connectivity index (χ0v) is 5.68. The van der Waals surface area contributed by atoms with Crippen LogP contribution < -0.4 is 0 Å². The summed E-state index contributed by atoms with van der Waals surface area (Å²) in [4.78, 5) is 21.5. The average Bonchev–Trinajstić information content (AvgIpc) is 1.98. The maximum Gasteiger partial charge on any atom is 0.143 e. The van der Waals surface area contributed by atoms with Gasteiger partial charge in [0.25, 0.3) is 0 Å². The fourth-order valence-electron chi connectivity index (χ4n) is 1.05. The van der Waals surface area contributed by atoms with Gasteiger partial charge in [-0.15, -0.1) is 0 Å². The van der Waals surface area contributed by atoms with E-state index in [1.807, 2.05) is 13.8 Å². The maximum absolute atomic E-state index is 10.8. The fraction of sp³-hybridized carbons (Fsp3) is 0.778. The van der Waals surface area contributed by atoms with E-state index in [-0.39, 0.29) is 44.7 Å². The quantitative estimate of drug-likeness (QED) is 0.506. The second-order valence-electron chi connectivity index (χ2n) is 2.69. The highest BCUT2D eigenvalue weighted by Gasteiger charge is 2.34. The van der Waals surface area contributed by atoms with Crippen molar-refractivity contribution in [2.75, 3.05) is 0 Å². The Morgan fingerprint density at radius 1 is 1.00 bits per heavy atom. The first-order valence-corrected chi connectivity index (χ1v) is 3.18. The van der Waals surface area contributed by atoms with E-state index in [4.69, 9.17) is 0 Å². The lowest BCUT2D eigenvalue weighted by atomic mass is 10.00. The summed E-state index contributed by atoms with van der Waals surface area (Å²) in [7, 11) is 0. The van der Waals surface area contributed by atoms with Gasteiger partial charge in [-0.25, -0.2) is 0 Å². The van der Waals surface area contributed by atoms with Gasteiger partial charge >= 0.3 is 0 Å². The van der Waals surface area contributed by atoms with Crippen LogP contribution in [0.25, 0.3) is 0 Å². The van der Waals surface area contributed by atoms with Crippen LogP contribution in [0, 0.1) is 11.8 Å². The molecule has 1 saturated carbocycles. The molecular weight excluding hydrogens is 140 g/mol. The van der Waals surface area contributed by atoms with Gasteiger partial charge < -0.3 is 0 Å². The third kappa shape index (κ3) is 2.14. The van der Waals surface area contributed by atoms with Crippen molar-refractivity contribution in [3.05, 3.63) is 0 Å². The molecule has 0 aromatic heterocycles. The van der Waals surface area contributed by atoms with Crippen LogP contribution in [0.4, 0.5) is 0 Å². The molecule has 0 radical (unpaired) electrons. The lowest BCUT2D eigenvalue weighted by Gasteiger charge is -2.02. The molecule has 1 fully saturated rings. The van der Waals surface area contributed by atoms with E-state index >= 15 is 0 Å². The largest absolute Gasteiger partial charge is 0.299 e. The van der Waals surface area contributed by atoms with Crippen LogP contribution in [0.1, 0.15) is 35.1 Å². The molecule has 1 aliphatic rings. The van der Waals surface area contributed by atoms with E-state index in [0.29, 0.717) is 0 Å². The third-order valence-electron chi connectivity index (χ3n) is 2.11. The number of carbonyl (C=O) groups excluding carboxylic acids is 2. The lowest BCUT2D eigenvalue weighted by Crippen LogP contribution is -2.09. The predicted molar refractivity (Wildman–Crippen MR) is 46.4 cm³/mol. The van der Waals surface area contributed by atoms with Gasteiger partial charge in [-0.1, -0.05) is 28.7 Å². The van der Waals surface area contributed by atoms with Crippen molar-refractivity contribution in [3.8, 4) is 0 Å². The van der Waals surface area contributed by atoms with Crippen molar-refractivity contribution >= 4 is 11.6 Å². The number of hydrogen-bond acceptors (Lipinski definition) is 2. The van der Waals surface area contributed by atoms with Crippen molar-refractivity contribution in [2.24, 2.45) is 11.8 Å². The maximum atomic E-state index is 10.8. The fourth-order valence-corrected chi connectivity index (χ4v) is 1.05. The van der Waals surface area contributed by atoms with Crippen LogP contribution >= 0.6 is 0 Å². The highest BCUT2D eigenvalue weighted by molar-refractivity contribution is 6.08.